The molecule has 1 amide bonds. The molecule has 0 radical (unpaired) electrons. The molecule has 0 bridgehead atoms. The van der Waals surface area contributed by atoms with Crippen molar-refractivity contribution in [3.63, 3.8) is 0 Å². The standard InChI is InChI=1S/C24H19BrF4N2O3/c1-2-33-21-11-17(20(25)12-22(21)34-14-15-6-8-19(26)9-7-15)13-30-31-23(32)16-4-3-5-18(10-16)24(27,28)29/h3-13H,2,14H2,1H3,(H,31,32)/b30-13-. The number of nitrogens with one attached hydrogen (secondary N) is 1. The van der Waals surface area contributed by atoms with Crippen LogP contribution in [0.3, 0.4) is 0 Å². The van der Waals surface area contributed by atoms with E-state index in [2.05, 4.69) is 26.5 Å². The van der Waals surface area contributed by atoms with Gasteiger partial charge >= 0.3 is 6.18 Å². The van der Waals surface area contributed by atoms with Crippen LogP contribution in [-0.2, 0) is 12.8 Å². The summed E-state index contributed by atoms with van der Waals surface area (Å²) in [5, 5.41) is 3.84. The van der Waals surface area contributed by atoms with E-state index in [9.17, 15) is 22.4 Å². The minimum absolute atomic E-state index is 0.175. The first kappa shape index (κ1) is 25.2. The zero-order valence-corrected chi connectivity index (χ0v) is 19.4. The lowest BCUT2D eigenvalue weighted by Crippen LogP contribution is -2.18. The van der Waals surface area contributed by atoms with E-state index in [-0.39, 0.29) is 18.0 Å². The summed E-state index contributed by atoms with van der Waals surface area (Å²) in [5.41, 5.74) is 2.40. The molecule has 178 valence electrons. The van der Waals surface area contributed by atoms with Crippen LogP contribution in [0.25, 0.3) is 0 Å². The molecule has 1 N–H and O–H groups in total. The Labute approximate surface area is 201 Å². The normalized spacial score (nSPS) is 11.5. The maximum absolute atomic E-state index is 13.1. The maximum Gasteiger partial charge on any atom is 0.416 e. The van der Waals surface area contributed by atoms with Crippen LogP contribution < -0.4 is 14.9 Å². The molecule has 3 rings (SSSR count). The molecule has 0 fully saturated rings. The van der Waals surface area contributed by atoms with E-state index in [0.717, 1.165) is 23.8 Å². The van der Waals surface area contributed by atoms with Crippen molar-refractivity contribution in [2.75, 3.05) is 6.61 Å². The second-order valence-corrected chi connectivity index (χ2v) is 7.80. The number of benzene rings is 3. The third-order valence-electron chi connectivity index (χ3n) is 4.49. The lowest BCUT2D eigenvalue weighted by molar-refractivity contribution is -0.137. The van der Waals surface area contributed by atoms with Crippen molar-refractivity contribution in [3.05, 3.63) is 93.2 Å². The molecule has 0 atom stereocenters. The van der Waals surface area contributed by atoms with Crippen molar-refractivity contribution < 1.29 is 31.8 Å². The fraction of sp³-hybridized carbons (Fsp3) is 0.167. The number of ether oxygens (including phenoxy) is 2. The fourth-order valence-corrected chi connectivity index (χ4v) is 3.26. The zero-order valence-electron chi connectivity index (χ0n) is 17.8. The second-order valence-electron chi connectivity index (χ2n) is 6.95. The SMILES string of the molecule is CCOc1cc(/C=N\NC(=O)c2cccc(C(F)(F)F)c2)c(Br)cc1OCc1ccc(F)cc1. The summed E-state index contributed by atoms with van der Waals surface area (Å²) < 4.78 is 63.6. The average molecular weight is 539 g/mol. The van der Waals surface area contributed by atoms with Crippen molar-refractivity contribution in [3.8, 4) is 11.5 Å². The lowest BCUT2D eigenvalue weighted by Gasteiger charge is -2.14. The Bertz CT molecular complexity index is 1180. The highest BCUT2D eigenvalue weighted by atomic mass is 79.9. The molecule has 10 heteroatoms. The highest BCUT2D eigenvalue weighted by molar-refractivity contribution is 9.10. The van der Waals surface area contributed by atoms with E-state index in [4.69, 9.17) is 9.47 Å². The molecule has 0 aliphatic rings. The predicted molar refractivity (Wildman–Crippen MR) is 123 cm³/mol. The quantitative estimate of drug-likeness (QED) is 0.206. The van der Waals surface area contributed by atoms with Gasteiger partial charge in [-0.2, -0.15) is 18.3 Å². The molecule has 0 saturated heterocycles. The Morgan fingerprint density at radius 1 is 1.06 bits per heavy atom. The van der Waals surface area contributed by atoms with E-state index in [1.165, 1.54) is 24.4 Å². The summed E-state index contributed by atoms with van der Waals surface area (Å²) in [6, 6.07) is 13.2. The van der Waals surface area contributed by atoms with Crippen LogP contribution in [0.15, 0.2) is 70.2 Å². The molecule has 5 nitrogen and oxygen atoms in total. The van der Waals surface area contributed by atoms with Gasteiger partial charge in [0.15, 0.2) is 11.5 Å². The first-order valence-electron chi connectivity index (χ1n) is 10.0. The van der Waals surface area contributed by atoms with Crippen LogP contribution in [-0.4, -0.2) is 18.7 Å². The van der Waals surface area contributed by atoms with Crippen LogP contribution in [0, 0.1) is 5.82 Å². The Morgan fingerprint density at radius 3 is 2.44 bits per heavy atom. The third kappa shape index (κ3) is 6.80. The lowest BCUT2D eigenvalue weighted by atomic mass is 10.1. The van der Waals surface area contributed by atoms with Gasteiger partial charge in [-0.1, -0.05) is 18.2 Å². The molecule has 34 heavy (non-hydrogen) atoms. The van der Waals surface area contributed by atoms with Crippen LogP contribution in [0.1, 0.15) is 34.0 Å². The first-order valence-corrected chi connectivity index (χ1v) is 10.8. The molecule has 0 heterocycles. The number of carbonyl (C=O) groups excluding carboxylic acids is 1. The van der Waals surface area contributed by atoms with Crippen molar-refractivity contribution in [1.29, 1.82) is 0 Å². The van der Waals surface area contributed by atoms with E-state index >= 15 is 0 Å². The van der Waals surface area contributed by atoms with Gasteiger partial charge in [0.2, 0.25) is 0 Å². The van der Waals surface area contributed by atoms with Crippen molar-refractivity contribution in [2.24, 2.45) is 5.10 Å². The zero-order chi connectivity index (χ0) is 24.7. The number of amides is 1. The van der Waals surface area contributed by atoms with Gasteiger partial charge in [-0.3, -0.25) is 4.79 Å². The molecule has 0 saturated carbocycles. The molecular weight excluding hydrogens is 520 g/mol. The molecule has 3 aromatic rings. The summed E-state index contributed by atoms with van der Waals surface area (Å²) in [4.78, 5) is 12.2. The molecule has 0 aromatic heterocycles. The second kappa shape index (κ2) is 11.1. The van der Waals surface area contributed by atoms with Gasteiger partial charge in [-0.25, -0.2) is 9.82 Å². The Hall–Kier alpha value is -3.40. The monoisotopic (exact) mass is 538 g/mol. The number of halogens is 5. The number of alkyl halides is 3. The summed E-state index contributed by atoms with van der Waals surface area (Å²) in [6.45, 7) is 2.35. The number of hydrazone groups is 1. The Balaban J connectivity index is 1.72. The van der Waals surface area contributed by atoms with E-state index in [1.54, 1.807) is 31.2 Å². The Morgan fingerprint density at radius 2 is 1.76 bits per heavy atom. The van der Waals surface area contributed by atoms with Crippen molar-refractivity contribution in [2.45, 2.75) is 19.7 Å². The highest BCUT2D eigenvalue weighted by Crippen LogP contribution is 2.34. The number of carbonyl (C=O) groups is 1. The number of nitrogens with zero attached hydrogens (tertiary/aromatic N) is 1. The average Bonchev–Trinajstić information content (AvgIpc) is 2.80. The molecule has 0 spiro atoms. The topological polar surface area (TPSA) is 59.9 Å². The van der Waals surface area contributed by atoms with Gasteiger partial charge in [0.25, 0.3) is 5.91 Å². The largest absolute Gasteiger partial charge is 0.490 e. The summed E-state index contributed by atoms with van der Waals surface area (Å²) in [5.74, 6) is -0.283. The highest BCUT2D eigenvalue weighted by Gasteiger charge is 2.30. The third-order valence-corrected chi connectivity index (χ3v) is 5.18. The van der Waals surface area contributed by atoms with Crippen LogP contribution in [0.4, 0.5) is 17.6 Å². The summed E-state index contributed by atoms with van der Waals surface area (Å²) in [6.07, 6.45) is -3.23. The van der Waals surface area contributed by atoms with Crippen molar-refractivity contribution >= 4 is 28.1 Å². The van der Waals surface area contributed by atoms with E-state index in [0.29, 0.717) is 28.1 Å². The van der Waals surface area contributed by atoms with Crippen LogP contribution in [0.2, 0.25) is 0 Å². The predicted octanol–water partition coefficient (Wildman–Crippen LogP) is 6.35. The molecule has 0 aliphatic carbocycles. The minimum atomic E-state index is -4.55. The summed E-state index contributed by atoms with van der Waals surface area (Å²) >= 11 is 3.40. The number of hydrogen-bond acceptors (Lipinski definition) is 4. The maximum atomic E-state index is 13.1. The van der Waals surface area contributed by atoms with E-state index in [1.807, 2.05) is 0 Å². The van der Waals surface area contributed by atoms with E-state index < -0.39 is 17.6 Å². The first-order chi connectivity index (χ1) is 16.2. The van der Waals surface area contributed by atoms with Crippen molar-refractivity contribution in [1.82, 2.24) is 5.43 Å². The van der Waals surface area contributed by atoms with Crippen LogP contribution >= 0.6 is 15.9 Å². The fourth-order valence-electron chi connectivity index (χ4n) is 2.83. The van der Waals surface area contributed by atoms with Gasteiger partial charge in [0, 0.05) is 15.6 Å². The molecular formula is C24H19BrF4N2O3. The van der Waals surface area contributed by atoms with Gasteiger partial charge < -0.3 is 9.47 Å². The van der Waals surface area contributed by atoms with Gasteiger partial charge in [0.05, 0.1) is 18.4 Å². The smallest absolute Gasteiger partial charge is 0.416 e. The Kier molecular flexibility index (Phi) is 8.27. The van der Waals surface area contributed by atoms with Gasteiger partial charge in [-0.05, 0) is 70.9 Å². The summed E-state index contributed by atoms with van der Waals surface area (Å²) in [7, 11) is 0. The molecule has 0 aliphatic heterocycles. The molecule has 3 aromatic carbocycles. The van der Waals surface area contributed by atoms with Gasteiger partial charge in [-0.15, -0.1) is 0 Å². The van der Waals surface area contributed by atoms with Gasteiger partial charge in [0.1, 0.15) is 12.4 Å². The number of hydrogen-bond donors (Lipinski definition) is 1. The minimum Gasteiger partial charge on any atom is -0.490 e. The van der Waals surface area contributed by atoms with Crippen LogP contribution in [0.5, 0.6) is 11.5 Å². The number of rotatable bonds is 8. The molecule has 0 unspecified atom stereocenters.